The highest BCUT2D eigenvalue weighted by atomic mass is 19.1. The third kappa shape index (κ3) is 4.40. The number of rotatable bonds is 5. The van der Waals surface area contributed by atoms with Gasteiger partial charge in [0.1, 0.15) is 11.6 Å². The molecule has 1 aliphatic heterocycles. The number of aromatic nitrogens is 4. The van der Waals surface area contributed by atoms with Gasteiger partial charge in [0, 0.05) is 44.2 Å². The summed E-state index contributed by atoms with van der Waals surface area (Å²) in [5.74, 6) is -0.781. The second-order valence-corrected chi connectivity index (χ2v) is 8.54. The predicted octanol–water partition coefficient (Wildman–Crippen LogP) is 3.23. The van der Waals surface area contributed by atoms with E-state index in [0.29, 0.717) is 16.6 Å². The molecule has 0 saturated carbocycles. The zero-order valence-electron chi connectivity index (χ0n) is 19.2. The molecule has 174 valence electrons. The largest absolute Gasteiger partial charge is 0.314 e. The van der Waals surface area contributed by atoms with Gasteiger partial charge in [-0.1, -0.05) is 29.5 Å². The quantitative estimate of drug-likeness (QED) is 0.477. The monoisotopic (exact) mass is 459 g/mol. The van der Waals surface area contributed by atoms with Crippen LogP contribution in [0, 0.1) is 19.7 Å². The van der Waals surface area contributed by atoms with Crippen LogP contribution in [-0.4, -0.2) is 57.0 Å². The van der Waals surface area contributed by atoms with E-state index in [4.69, 9.17) is 0 Å². The summed E-state index contributed by atoms with van der Waals surface area (Å²) in [5.41, 5.74) is 4.13. The molecule has 0 radical (unpaired) electrons. The van der Waals surface area contributed by atoms with Gasteiger partial charge in [0.05, 0.1) is 16.9 Å². The van der Waals surface area contributed by atoms with Gasteiger partial charge in [-0.3, -0.25) is 9.69 Å². The number of amides is 1. The van der Waals surface area contributed by atoms with Crippen molar-refractivity contribution >= 4 is 22.6 Å². The summed E-state index contributed by atoms with van der Waals surface area (Å²) in [5, 5.41) is 14.6. The van der Waals surface area contributed by atoms with Gasteiger partial charge in [-0.25, -0.2) is 14.1 Å². The van der Waals surface area contributed by atoms with Gasteiger partial charge in [-0.05, 0) is 43.2 Å². The van der Waals surface area contributed by atoms with E-state index >= 15 is 0 Å². The Morgan fingerprint density at radius 3 is 2.71 bits per heavy atom. The molecule has 1 amide bonds. The van der Waals surface area contributed by atoms with E-state index in [0.717, 1.165) is 49.5 Å². The zero-order chi connectivity index (χ0) is 23.7. The van der Waals surface area contributed by atoms with Crippen molar-refractivity contribution in [2.45, 2.75) is 20.4 Å². The third-order valence-corrected chi connectivity index (χ3v) is 6.13. The smallest absolute Gasteiger partial charge is 0.279 e. The van der Waals surface area contributed by atoms with Crippen molar-refractivity contribution in [3.05, 3.63) is 76.9 Å². The molecule has 2 N–H and O–H groups in total. The minimum atomic E-state index is -0.487. The van der Waals surface area contributed by atoms with Gasteiger partial charge in [0.25, 0.3) is 5.91 Å². The molecule has 0 aliphatic carbocycles. The maximum absolute atomic E-state index is 15.0. The molecule has 9 heteroatoms. The predicted molar refractivity (Wildman–Crippen MR) is 129 cm³/mol. The maximum Gasteiger partial charge on any atom is 0.279 e. The fourth-order valence-corrected chi connectivity index (χ4v) is 4.27. The normalized spacial score (nSPS) is 14.4. The lowest BCUT2D eigenvalue weighted by atomic mass is 10.1. The third-order valence-electron chi connectivity index (χ3n) is 6.13. The van der Waals surface area contributed by atoms with Gasteiger partial charge >= 0.3 is 0 Å². The molecule has 1 fully saturated rings. The van der Waals surface area contributed by atoms with Crippen LogP contribution in [0.25, 0.3) is 16.6 Å². The number of pyridine rings is 1. The fourth-order valence-electron chi connectivity index (χ4n) is 4.27. The second-order valence-electron chi connectivity index (χ2n) is 8.54. The molecule has 2 aromatic carbocycles. The first-order chi connectivity index (χ1) is 16.5. The molecule has 3 heterocycles. The molecular formula is C25H26FN7O. The number of para-hydroxylation sites is 1. The Morgan fingerprint density at radius 1 is 1.12 bits per heavy atom. The number of hydrogen-bond donors (Lipinski definition) is 2. The summed E-state index contributed by atoms with van der Waals surface area (Å²) in [4.78, 5) is 19.7. The number of carbonyl (C=O) groups is 1. The SMILES string of the molecule is Cc1ccccc1-n1nnc(C(=O)Nc2cc(F)c3cc(CN4CCNCC4)ccc3n2)c1C. The molecule has 1 aliphatic rings. The Labute approximate surface area is 196 Å². The first-order valence-corrected chi connectivity index (χ1v) is 11.3. The number of anilines is 1. The number of piperazine rings is 1. The van der Waals surface area contributed by atoms with Crippen LogP contribution in [0.4, 0.5) is 10.2 Å². The summed E-state index contributed by atoms with van der Waals surface area (Å²) in [7, 11) is 0. The summed E-state index contributed by atoms with van der Waals surface area (Å²) >= 11 is 0. The summed E-state index contributed by atoms with van der Waals surface area (Å²) in [6.07, 6.45) is 0. The number of halogens is 1. The average molecular weight is 460 g/mol. The van der Waals surface area contributed by atoms with Crippen LogP contribution in [0.2, 0.25) is 0 Å². The van der Waals surface area contributed by atoms with E-state index in [1.54, 1.807) is 17.7 Å². The van der Waals surface area contributed by atoms with Crippen molar-refractivity contribution in [3.63, 3.8) is 0 Å². The molecule has 5 rings (SSSR count). The Kier molecular flexibility index (Phi) is 6.04. The van der Waals surface area contributed by atoms with E-state index in [1.807, 2.05) is 43.3 Å². The molecule has 0 bridgehead atoms. The molecular weight excluding hydrogens is 433 g/mol. The molecule has 1 saturated heterocycles. The van der Waals surface area contributed by atoms with Crippen molar-refractivity contribution in [3.8, 4) is 5.69 Å². The Morgan fingerprint density at radius 2 is 1.91 bits per heavy atom. The van der Waals surface area contributed by atoms with Gasteiger partial charge < -0.3 is 10.6 Å². The molecule has 34 heavy (non-hydrogen) atoms. The second kappa shape index (κ2) is 9.28. The fraction of sp³-hybridized carbons (Fsp3) is 0.280. The number of nitrogens with zero attached hydrogens (tertiary/aromatic N) is 5. The van der Waals surface area contributed by atoms with Crippen LogP contribution >= 0.6 is 0 Å². The lowest BCUT2D eigenvalue weighted by Gasteiger charge is -2.27. The highest BCUT2D eigenvalue weighted by molar-refractivity contribution is 6.03. The van der Waals surface area contributed by atoms with Crippen LogP contribution in [0.15, 0.2) is 48.5 Å². The van der Waals surface area contributed by atoms with Crippen molar-refractivity contribution in [1.29, 1.82) is 0 Å². The van der Waals surface area contributed by atoms with E-state index in [9.17, 15) is 9.18 Å². The number of benzene rings is 2. The molecule has 0 spiro atoms. The number of aryl methyl sites for hydroxylation is 1. The number of nitrogens with one attached hydrogen (secondary N) is 2. The first-order valence-electron chi connectivity index (χ1n) is 11.3. The standard InChI is InChI=1S/C25H26FN7O/c1-16-5-3-4-6-22(16)33-17(2)24(30-31-33)25(34)29-23-14-20(26)19-13-18(7-8-21(19)28-23)15-32-11-9-27-10-12-32/h3-8,13-14,27H,9-12,15H2,1-2H3,(H,28,29,34). The Balaban J connectivity index is 1.36. The summed E-state index contributed by atoms with van der Waals surface area (Å²) < 4.78 is 16.6. The van der Waals surface area contributed by atoms with Crippen LogP contribution in [-0.2, 0) is 6.54 Å². The maximum atomic E-state index is 15.0. The van der Waals surface area contributed by atoms with Crippen LogP contribution in [0.3, 0.4) is 0 Å². The lowest BCUT2D eigenvalue weighted by molar-refractivity contribution is 0.102. The molecule has 4 aromatic rings. The summed E-state index contributed by atoms with van der Waals surface area (Å²) in [6.45, 7) is 8.37. The topological polar surface area (TPSA) is 88.0 Å². The minimum absolute atomic E-state index is 0.134. The van der Waals surface area contributed by atoms with Crippen LogP contribution in [0.1, 0.15) is 27.3 Å². The first kappa shape index (κ1) is 22.1. The van der Waals surface area contributed by atoms with Crippen LogP contribution < -0.4 is 10.6 Å². The van der Waals surface area contributed by atoms with Gasteiger partial charge in [-0.2, -0.15) is 0 Å². The number of carbonyl (C=O) groups excluding carboxylic acids is 1. The number of hydrogen-bond acceptors (Lipinski definition) is 6. The van der Waals surface area contributed by atoms with Crippen molar-refractivity contribution < 1.29 is 9.18 Å². The highest BCUT2D eigenvalue weighted by Crippen LogP contribution is 2.23. The van der Waals surface area contributed by atoms with Crippen molar-refractivity contribution in [2.24, 2.45) is 0 Å². The van der Waals surface area contributed by atoms with E-state index in [-0.39, 0.29) is 11.5 Å². The Bertz CT molecular complexity index is 1360. The van der Waals surface area contributed by atoms with Gasteiger partial charge in [0.2, 0.25) is 0 Å². The lowest BCUT2D eigenvalue weighted by Crippen LogP contribution is -2.42. The molecule has 2 aromatic heterocycles. The van der Waals surface area contributed by atoms with Gasteiger partial charge in [-0.15, -0.1) is 5.10 Å². The van der Waals surface area contributed by atoms with E-state index in [2.05, 4.69) is 30.8 Å². The van der Waals surface area contributed by atoms with E-state index < -0.39 is 11.7 Å². The molecule has 0 unspecified atom stereocenters. The highest BCUT2D eigenvalue weighted by Gasteiger charge is 2.19. The molecule has 0 atom stereocenters. The average Bonchev–Trinajstić information content (AvgIpc) is 3.21. The Hall–Kier alpha value is -3.69. The van der Waals surface area contributed by atoms with Crippen LogP contribution in [0.5, 0.6) is 0 Å². The summed E-state index contributed by atoms with van der Waals surface area (Å²) in [6, 6.07) is 14.6. The zero-order valence-corrected chi connectivity index (χ0v) is 19.2. The van der Waals surface area contributed by atoms with E-state index in [1.165, 1.54) is 6.07 Å². The van der Waals surface area contributed by atoms with Crippen molar-refractivity contribution in [2.75, 3.05) is 31.5 Å². The van der Waals surface area contributed by atoms with Crippen molar-refractivity contribution in [1.82, 2.24) is 30.2 Å². The number of fused-ring (bicyclic) bond motifs is 1. The minimum Gasteiger partial charge on any atom is -0.314 e. The molecule has 8 nitrogen and oxygen atoms in total. The van der Waals surface area contributed by atoms with Gasteiger partial charge in [0.15, 0.2) is 5.69 Å².